The quantitative estimate of drug-likeness (QED) is 0.623. The van der Waals surface area contributed by atoms with E-state index in [1.807, 2.05) is 0 Å². The molecule has 0 atom stereocenters. The van der Waals surface area contributed by atoms with Crippen LogP contribution in [0.1, 0.15) is 19.8 Å². The lowest BCUT2D eigenvalue weighted by atomic mass is 10.3. The number of ether oxygens (including phenoxy) is 2. The van der Waals surface area contributed by atoms with Gasteiger partial charge in [0.05, 0.1) is 0 Å². The summed E-state index contributed by atoms with van der Waals surface area (Å²) in [5.74, 6) is 0. The Morgan fingerprint density at radius 1 is 1.31 bits per heavy atom. The maximum absolute atomic E-state index is 10.7. The molecule has 0 aromatic heterocycles. The van der Waals surface area contributed by atoms with Crippen LogP contribution in [0.15, 0.2) is 0 Å². The van der Waals surface area contributed by atoms with Crippen molar-refractivity contribution in [1.82, 2.24) is 4.90 Å². The number of carbonyl (C=O) groups is 1. The molecular formula is C9H17NO3. The lowest BCUT2D eigenvalue weighted by molar-refractivity contribution is 0.0218. The van der Waals surface area contributed by atoms with Gasteiger partial charge in [-0.15, -0.1) is 0 Å². The van der Waals surface area contributed by atoms with Gasteiger partial charge >= 0.3 is 6.16 Å². The van der Waals surface area contributed by atoms with Gasteiger partial charge in [-0.05, 0) is 13.0 Å². The topological polar surface area (TPSA) is 38.8 Å². The van der Waals surface area contributed by atoms with E-state index in [0.29, 0.717) is 13.2 Å². The predicted molar refractivity (Wildman–Crippen MR) is 48.6 cm³/mol. The number of carbonyl (C=O) groups excluding carboxylic acids is 1. The molecule has 1 aliphatic heterocycles. The van der Waals surface area contributed by atoms with Crippen molar-refractivity contribution in [3.05, 3.63) is 0 Å². The third-order valence-electron chi connectivity index (χ3n) is 2.08. The van der Waals surface area contributed by atoms with E-state index in [-0.39, 0.29) is 0 Å². The molecule has 0 unspecified atom stereocenters. The van der Waals surface area contributed by atoms with E-state index in [0.717, 1.165) is 19.6 Å². The smallest absolute Gasteiger partial charge is 0.433 e. The second-order valence-electron chi connectivity index (χ2n) is 3.14. The molecule has 1 heterocycles. The average molecular weight is 187 g/mol. The minimum absolute atomic E-state index is 0.447. The van der Waals surface area contributed by atoms with Gasteiger partial charge in [0.2, 0.25) is 0 Å². The maximum atomic E-state index is 10.7. The molecule has 0 N–H and O–H groups in total. The number of rotatable bonds is 3. The lowest BCUT2D eigenvalue weighted by Crippen LogP contribution is -2.35. The average Bonchev–Trinajstić information content (AvgIpc) is 2.09. The summed E-state index contributed by atoms with van der Waals surface area (Å²) in [7, 11) is 0. The molecule has 4 heteroatoms. The molecule has 0 saturated carbocycles. The van der Waals surface area contributed by atoms with Crippen LogP contribution in [0, 0.1) is 0 Å². The predicted octanol–water partition coefficient (Wildman–Crippen LogP) is 1.26. The van der Waals surface area contributed by atoms with Crippen molar-refractivity contribution in [2.45, 2.75) is 19.8 Å². The van der Waals surface area contributed by atoms with Gasteiger partial charge in [0, 0.05) is 13.1 Å². The highest BCUT2D eigenvalue weighted by Crippen LogP contribution is 1.99. The van der Waals surface area contributed by atoms with E-state index >= 15 is 0 Å². The van der Waals surface area contributed by atoms with Crippen LogP contribution in [-0.4, -0.2) is 43.9 Å². The number of hydrogen-bond acceptors (Lipinski definition) is 4. The summed E-state index contributed by atoms with van der Waals surface area (Å²) in [6, 6.07) is 0. The first-order chi connectivity index (χ1) is 6.33. The SMILES string of the molecule is CCCCN1CCOC(=O)OCC1. The summed E-state index contributed by atoms with van der Waals surface area (Å²) >= 11 is 0. The Morgan fingerprint density at radius 3 is 2.46 bits per heavy atom. The molecule has 0 aromatic carbocycles. The second-order valence-corrected chi connectivity index (χ2v) is 3.14. The molecular weight excluding hydrogens is 170 g/mol. The van der Waals surface area contributed by atoms with Crippen molar-refractivity contribution in [3.8, 4) is 0 Å². The zero-order valence-electron chi connectivity index (χ0n) is 8.12. The fraction of sp³-hybridized carbons (Fsp3) is 0.889. The highest BCUT2D eigenvalue weighted by molar-refractivity contribution is 5.59. The van der Waals surface area contributed by atoms with Crippen LogP contribution >= 0.6 is 0 Å². The number of nitrogens with zero attached hydrogens (tertiary/aromatic N) is 1. The number of unbranched alkanes of at least 4 members (excludes halogenated alkanes) is 1. The maximum Gasteiger partial charge on any atom is 0.508 e. The van der Waals surface area contributed by atoms with Crippen molar-refractivity contribution in [1.29, 1.82) is 0 Å². The molecule has 13 heavy (non-hydrogen) atoms. The summed E-state index contributed by atoms with van der Waals surface area (Å²) < 4.78 is 9.58. The largest absolute Gasteiger partial charge is 0.508 e. The van der Waals surface area contributed by atoms with E-state index in [1.165, 1.54) is 12.8 Å². The summed E-state index contributed by atoms with van der Waals surface area (Å²) in [4.78, 5) is 13.0. The molecule has 1 aliphatic rings. The Labute approximate surface area is 78.8 Å². The fourth-order valence-corrected chi connectivity index (χ4v) is 1.27. The molecule has 4 nitrogen and oxygen atoms in total. The van der Waals surface area contributed by atoms with Crippen molar-refractivity contribution in [2.24, 2.45) is 0 Å². The molecule has 0 bridgehead atoms. The van der Waals surface area contributed by atoms with Gasteiger partial charge < -0.3 is 9.47 Å². The third-order valence-corrected chi connectivity index (χ3v) is 2.08. The Morgan fingerprint density at radius 2 is 1.92 bits per heavy atom. The van der Waals surface area contributed by atoms with Crippen LogP contribution in [0.5, 0.6) is 0 Å². The van der Waals surface area contributed by atoms with Crippen LogP contribution in [0.3, 0.4) is 0 Å². The molecule has 0 aromatic rings. The van der Waals surface area contributed by atoms with Crippen LogP contribution in [0.25, 0.3) is 0 Å². The first-order valence-corrected chi connectivity index (χ1v) is 4.85. The molecule has 0 amide bonds. The van der Waals surface area contributed by atoms with Gasteiger partial charge in [-0.25, -0.2) is 4.79 Å². The van der Waals surface area contributed by atoms with Gasteiger partial charge in [-0.3, -0.25) is 4.90 Å². The highest BCUT2D eigenvalue weighted by atomic mass is 16.7. The van der Waals surface area contributed by atoms with Crippen LogP contribution in [-0.2, 0) is 9.47 Å². The third kappa shape index (κ3) is 4.12. The van der Waals surface area contributed by atoms with Crippen LogP contribution in [0.2, 0.25) is 0 Å². The van der Waals surface area contributed by atoms with E-state index in [4.69, 9.17) is 9.47 Å². The van der Waals surface area contributed by atoms with Crippen molar-refractivity contribution >= 4 is 6.16 Å². The van der Waals surface area contributed by atoms with E-state index in [1.54, 1.807) is 0 Å². The van der Waals surface area contributed by atoms with Crippen LogP contribution < -0.4 is 0 Å². The monoisotopic (exact) mass is 187 g/mol. The van der Waals surface area contributed by atoms with E-state index in [2.05, 4.69) is 11.8 Å². The standard InChI is InChI=1S/C9H17NO3/c1-2-3-4-10-5-7-12-9(11)13-8-6-10/h2-8H2,1H3. The molecule has 1 saturated heterocycles. The van der Waals surface area contributed by atoms with Gasteiger partial charge in [0.15, 0.2) is 0 Å². The zero-order chi connectivity index (χ0) is 9.52. The minimum atomic E-state index is -0.532. The molecule has 1 rings (SSSR count). The van der Waals surface area contributed by atoms with Gasteiger partial charge in [0.25, 0.3) is 0 Å². The first kappa shape index (κ1) is 10.3. The Hall–Kier alpha value is -0.770. The van der Waals surface area contributed by atoms with E-state index in [9.17, 15) is 4.79 Å². The number of hydrogen-bond donors (Lipinski definition) is 0. The van der Waals surface area contributed by atoms with Gasteiger partial charge in [-0.2, -0.15) is 0 Å². The molecule has 0 spiro atoms. The van der Waals surface area contributed by atoms with Gasteiger partial charge in [0.1, 0.15) is 13.2 Å². The molecule has 0 radical (unpaired) electrons. The highest BCUT2D eigenvalue weighted by Gasteiger charge is 2.12. The summed E-state index contributed by atoms with van der Waals surface area (Å²) in [5, 5.41) is 0. The first-order valence-electron chi connectivity index (χ1n) is 4.85. The molecule has 0 aliphatic carbocycles. The second kappa shape index (κ2) is 5.80. The Kier molecular flexibility index (Phi) is 4.60. The van der Waals surface area contributed by atoms with E-state index < -0.39 is 6.16 Å². The molecule has 76 valence electrons. The minimum Gasteiger partial charge on any atom is -0.433 e. The number of cyclic esters (lactones) is 2. The Bertz CT molecular complexity index is 149. The summed E-state index contributed by atoms with van der Waals surface area (Å²) in [6.07, 6.45) is 1.85. The van der Waals surface area contributed by atoms with Crippen molar-refractivity contribution in [3.63, 3.8) is 0 Å². The normalized spacial score (nSPS) is 19.9. The molecule has 1 fully saturated rings. The zero-order valence-corrected chi connectivity index (χ0v) is 8.12. The summed E-state index contributed by atoms with van der Waals surface area (Å²) in [5.41, 5.74) is 0. The lowest BCUT2D eigenvalue weighted by Gasteiger charge is -2.23. The summed E-state index contributed by atoms with van der Waals surface area (Å²) in [6.45, 7) is 5.78. The van der Waals surface area contributed by atoms with Crippen molar-refractivity contribution in [2.75, 3.05) is 32.8 Å². The van der Waals surface area contributed by atoms with Crippen molar-refractivity contribution < 1.29 is 14.3 Å². The Balaban J connectivity index is 2.20. The fourth-order valence-electron chi connectivity index (χ4n) is 1.27. The van der Waals surface area contributed by atoms with Gasteiger partial charge in [-0.1, -0.05) is 13.3 Å². The van der Waals surface area contributed by atoms with Crippen LogP contribution in [0.4, 0.5) is 4.79 Å².